The highest BCUT2D eigenvalue weighted by atomic mass is 79.9. The minimum absolute atomic E-state index is 0.0106. The first kappa shape index (κ1) is 19.7. The molecule has 1 saturated heterocycles. The number of hydrogen-bond donors (Lipinski definition) is 0. The van der Waals surface area contributed by atoms with Gasteiger partial charge in [-0.05, 0) is 35.9 Å². The van der Waals surface area contributed by atoms with Crippen LogP contribution in [0.15, 0.2) is 51.9 Å². The number of amidine groups is 1. The first-order chi connectivity index (χ1) is 13.4. The summed E-state index contributed by atoms with van der Waals surface area (Å²) in [6, 6.07) is 11.8. The second-order valence-corrected chi connectivity index (χ2v) is 10.7. The van der Waals surface area contributed by atoms with Crippen molar-refractivity contribution in [2.75, 3.05) is 23.5 Å². The smallest absolute Gasteiger partial charge is 0.164 e. The zero-order valence-electron chi connectivity index (χ0n) is 15.0. The number of ether oxygens (including phenoxy) is 1. The highest BCUT2D eigenvalue weighted by Crippen LogP contribution is 2.37. The molecule has 0 unspecified atom stereocenters. The number of anilines is 1. The zero-order valence-corrected chi connectivity index (χ0v) is 18.2. The number of thioether (sulfide) groups is 1. The van der Waals surface area contributed by atoms with E-state index in [0.717, 1.165) is 11.3 Å². The van der Waals surface area contributed by atoms with Crippen LogP contribution >= 0.6 is 27.7 Å². The predicted octanol–water partition coefficient (Wildman–Crippen LogP) is 3.87. The van der Waals surface area contributed by atoms with Gasteiger partial charge in [-0.2, -0.15) is 0 Å². The summed E-state index contributed by atoms with van der Waals surface area (Å²) in [6.07, 6.45) is 0. The Balaban J connectivity index is 1.61. The number of rotatable bonds is 4. The van der Waals surface area contributed by atoms with Crippen molar-refractivity contribution in [2.24, 2.45) is 4.99 Å². The lowest BCUT2D eigenvalue weighted by molar-refractivity contribution is 0.414. The van der Waals surface area contributed by atoms with E-state index in [0.29, 0.717) is 21.1 Å². The number of hydrogen-bond acceptors (Lipinski definition) is 6. The van der Waals surface area contributed by atoms with E-state index in [2.05, 4.69) is 20.9 Å². The minimum atomic E-state index is -3.17. The Morgan fingerprint density at radius 2 is 2.00 bits per heavy atom. The van der Waals surface area contributed by atoms with Crippen LogP contribution in [0.5, 0.6) is 5.75 Å². The SMILES string of the molecule is COc1ccc(CSC2=N[C@H]3CS(=O)(=O)C[C@H]3N2c2ccc(Br)cc2F)cc1. The Kier molecular flexibility index (Phi) is 5.41. The molecule has 2 aromatic carbocycles. The normalized spacial score (nSPS) is 22.8. The molecule has 0 radical (unpaired) electrons. The fourth-order valence-corrected chi connectivity index (χ4v) is 6.71. The Morgan fingerprint density at radius 1 is 1.25 bits per heavy atom. The lowest BCUT2D eigenvalue weighted by Crippen LogP contribution is -2.39. The summed E-state index contributed by atoms with van der Waals surface area (Å²) in [4.78, 5) is 6.39. The Morgan fingerprint density at radius 3 is 2.68 bits per heavy atom. The summed E-state index contributed by atoms with van der Waals surface area (Å²) in [5, 5.41) is 0.655. The maximum atomic E-state index is 14.7. The van der Waals surface area contributed by atoms with Gasteiger partial charge in [0.25, 0.3) is 0 Å². The number of aliphatic imine (C=N–C) groups is 1. The van der Waals surface area contributed by atoms with Crippen LogP contribution in [0.1, 0.15) is 5.56 Å². The van der Waals surface area contributed by atoms with Crippen molar-refractivity contribution < 1.29 is 17.5 Å². The fraction of sp³-hybridized carbons (Fsp3) is 0.316. The van der Waals surface area contributed by atoms with Crippen molar-refractivity contribution >= 4 is 48.4 Å². The maximum Gasteiger partial charge on any atom is 0.164 e. The standard InChI is InChI=1S/C19H18BrFN2O3S2/c1-26-14-5-2-12(3-6-14)9-27-19-22-16-10-28(24,25)11-18(16)23(19)17-7-4-13(20)8-15(17)21/h2-8,16,18H,9-11H2,1H3/t16-,18+/m0/s1. The van der Waals surface area contributed by atoms with Crippen molar-refractivity contribution in [3.05, 3.63) is 58.3 Å². The molecule has 148 valence electrons. The second-order valence-electron chi connectivity index (χ2n) is 6.73. The van der Waals surface area contributed by atoms with Crippen molar-refractivity contribution in [1.82, 2.24) is 0 Å². The van der Waals surface area contributed by atoms with Crippen LogP contribution < -0.4 is 9.64 Å². The molecule has 0 aliphatic carbocycles. The van der Waals surface area contributed by atoms with E-state index >= 15 is 0 Å². The van der Waals surface area contributed by atoms with Gasteiger partial charge in [-0.1, -0.05) is 39.8 Å². The molecule has 4 rings (SSSR count). The van der Waals surface area contributed by atoms with Crippen molar-refractivity contribution in [2.45, 2.75) is 17.8 Å². The fourth-order valence-electron chi connectivity index (χ4n) is 3.46. The molecule has 0 spiro atoms. The maximum absolute atomic E-state index is 14.7. The molecule has 9 heteroatoms. The number of halogens is 2. The molecule has 0 N–H and O–H groups in total. The Bertz CT molecular complexity index is 1030. The first-order valence-electron chi connectivity index (χ1n) is 8.64. The van der Waals surface area contributed by atoms with E-state index in [9.17, 15) is 12.8 Å². The van der Waals surface area contributed by atoms with Crippen LogP contribution in [-0.4, -0.2) is 44.3 Å². The molecule has 2 aliphatic rings. The highest BCUT2D eigenvalue weighted by molar-refractivity contribution is 9.10. The topological polar surface area (TPSA) is 59.0 Å². The van der Waals surface area contributed by atoms with Gasteiger partial charge in [0.2, 0.25) is 0 Å². The molecule has 2 heterocycles. The van der Waals surface area contributed by atoms with Crippen LogP contribution in [0.3, 0.4) is 0 Å². The van der Waals surface area contributed by atoms with E-state index in [1.165, 1.54) is 17.8 Å². The number of fused-ring (bicyclic) bond motifs is 1. The number of nitrogens with zero attached hydrogens (tertiary/aromatic N) is 2. The third-order valence-electron chi connectivity index (χ3n) is 4.80. The van der Waals surface area contributed by atoms with Gasteiger partial charge in [-0.15, -0.1) is 0 Å². The van der Waals surface area contributed by atoms with E-state index in [1.54, 1.807) is 24.1 Å². The molecule has 2 atom stereocenters. The number of benzene rings is 2. The van der Waals surface area contributed by atoms with Crippen LogP contribution in [0.2, 0.25) is 0 Å². The molecule has 28 heavy (non-hydrogen) atoms. The van der Waals surface area contributed by atoms with Gasteiger partial charge in [0.1, 0.15) is 11.6 Å². The average Bonchev–Trinajstić information content (AvgIpc) is 3.12. The monoisotopic (exact) mass is 484 g/mol. The molecule has 0 amide bonds. The van der Waals surface area contributed by atoms with Crippen LogP contribution in [0, 0.1) is 5.82 Å². The molecule has 5 nitrogen and oxygen atoms in total. The summed E-state index contributed by atoms with van der Waals surface area (Å²) in [7, 11) is -1.55. The summed E-state index contributed by atoms with van der Waals surface area (Å²) in [6.45, 7) is 0. The predicted molar refractivity (Wildman–Crippen MR) is 115 cm³/mol. The average molecular weight is 485 g/mol. The van der Waals surface area contributed by atoms with Gasteiger partial charge in [-0.25, -0.2) is 12.8 Å². The van der Waals surface area contributed by atoms with Gasteiger partial charge in [0.05, 0.1) is 36.4 Å². The minimum Gasteiger partial charge on any atom is -0.497 e. The van der Waals surface area contributed by atoms with Gasteiger partial charge in [0.15, 0.2) is 15.0 Å². The largest absolute Gasteiger partial charge is 0.497 e. The van der Waals surface area contributed by atoms with E-state index < -0.39 is 15.7 Å². The highest BCUT2D eigenvalue weighted by Gasteiger charge is 2.47. The summed E-state index contributed by atoms with van der Waals surface area (Å²) in [5.74, 6) is 1.02. The lowest BCUT2D eigenvalue weighted by atomic mass is 10.1. The van der Waals surface area contributed by atoms with E-state index in [1.807, 2.05) is 24.3 Å². The van der Waals surface area contributed by atoms with Crippen molar-refractivity contribution in [3.63, 3.8) is 0 Å². The second kappa shape index (κ2) is 7.68. The summed E-state index contributed by atoms with van der Waals surface area (Å²) in [5.41, 5.74) is 1.43. The van der Waals surface area contributed by atoms with E-state index in [4.69, 9.17) is 4.74 Å². The van der Waals surface area contributed by atoms with Gasteiger partial charge in [0, 0.05) is 10.2 Å². The third kappa shape index (κ3) is 3.92. The van der Waals surface area contributed by atoms with Gasteiger partial charge >= 0.3 is 0 Å². The molecule has 2 aromatic rings. The Labute approximate surface area is 176 Å². The van der Waals surface area contributed by atoms with Crippen molar-refractivity contribution in [3.8, 4) is 5.75 Å². The quantitative estimate of drug-likeness (QED) is 0.658. The first-order valence-corrected chi connectivity index (χ1v) is 12.2. The molecule has 0 bridgehead atoms. The van der Waals surface area contributed by atoms with Gasteiger partial charge < -0.3 is 9.64 Å². The summed E-state index contributed by atoms with van der Waals surface area (Å²) < 4.78 is 44.7. The van der Waals surface area contributed by atoms with Crippen LogP contribution in [0.4, 0.5) is 10.1 Å². The summed E-state index contributed by atoms with van der Waals surface area (Å²) >= 11 is 4.75. The van der Waals surface area contributed by atoms with Crippen molar-refractivity contribution in [1.29, 1.82) is 0 Å². The Hall–Kier alpha value is -1.58. The molecular weight excluding hydrogens is 467 g/mol. The number of methoxy groups -OCH3 is 1. The zero-order chi connectivity index (χ0) is 19.9. The van der Waals surface area contributed by atoms with Crippen LogP contribution in [0.25, 0.3) is 0 Å². The number of sulfone groups is 1. The van der Waals surface area contributed by atoms with Gasteiger partial charge in [-0.3, -0.25) is 4.99 Å². The molecule has 0 aromatic heterocycles. The van der Waals surface area contributed by atoms with Crippen LogP contribution in [-0.2, 0) is 15.6 Å². The third-order valence-corrected chi connectivity index (χ3v) is 8.03. The molecule has 2 aliphatic heterocycles. The molecule has 1 fully saturated rings. The molecular formula is C19H18BrFN2O3S2. The van der Waals surface area contributed by atoms with E-state index in [-0.39, 0.29) is 23.6 Å². The lowest BCUT2D eigenvalue weighted by Gasteiger charge is -2.27. The molecule has 0 saturated carbocycles.